The number of hydrogen-bond acceptors (Lipinski definition) is 4. The number of ether oxygens (including phenoxy) is 2. The number of methoxy groups -OCH3 is 1. The molecule has 1 saturated carbocycles. The molecule has 3 N–H and O–H groups in total. The Morgan fingerprint density at radius 2 is 1.88 bits per heavy atom. The minimum Gasteiger partial charge on any atom is -0.380 e. The quantitative estimate of drug-likeness (QED) is 0.311. The minimum absolute atomic E-state index is 0.0946. The van der Waals surface area contributed by atoms with Crippen LogP contribution >= 0.6 is 0 Å². The van der Waals surface area contributed by atoms with Crippen molar-refractivity contribution in [3.05, 3.63) is 0 Å². The molecule has 0 aromatic carbocycles. The lowest BCUT2D eigenvalue weighted by Gasteiger charge is -2.38. The van der Waals surface area contributed by atoms with E-state index in [9.17, 15) is 0 Å². The van der Waals surface area contributed by atoms with Crippen molar-refractivity contribution in [2.24, 2.45) is 5.84 Å². The molecular weight excluding hydrogens is 216 g/mol. The average molecular weight is 244 g/mol. The Morgan fingerprint density at radius 1 is 1.24 bits per heavy atom. The highest BCUT2D eigenvalue weighted by atomic mass is 16.5. The highest BCUT2D eigenvalue weighted by Gasteiger charge is 2.38. The molecule has 1 aliphatic rings. The highest BCUT2D eigenvalue weighted by Crippen LogP contribution is 2.32. The van der Waals surface area contributed by atoms with E-state index in [1.54, 1.807) is 7.11 Å². The van der Waals surface area contributed by atoms with E-state index in [1.807, 2.05) is 0 Å². The second-order valence-corrected chi connectivity index (χ2v) is 4.98. The lowest BCUT2D eigenvalue weighted by atomic mass is 9.86. The van der Waals surface area contributed by atoms with Crippen LogP contribution in [-0.4, -0.2) is 32.0 Å². The third kappa shape index (κ3) is 4.21. The van der Waals surface area contributed by atoms with Crippen molar-refractivity contribution in [2.75, 3.05) is 20.3 Å². The normalized spacial score (nSPS) is 22.1. The van der Waals surface area contributed by atoms with E-state index < -0.39 is 0 Å². The van der Waals surface area contributed by atoms with E-state index in [2.05, 4.69) is 12.3 Å². The van der Waals surface area contributed by atoms with Gasteiger partial charge in [0.05, 0.1) is 18.2 Å². The molecule has 102 valence electrons. The minimum atomic E-state index is -0.140. The Bertz CT molecular complexity index is 192. The van der Waals surface area contributed by atoms with E-state index in [1.165, 1.54) is 25.7 Å². The van der Waals surface area contributed by atoms with Gasteiger partial charge in [0.25, 0.3) is 0 Å². The Hall–Kier alpha value is -0.160. The molecule has 0 amide bonds. The van der Waals surface area contributed by atoms with Gasteiger partial charge in [0.15, 0.2) is 0 Å². The van der Waals surface area contributed by atoms with Crippen molar-refractivity contribution in [2.45, 2.75) is 63.5 Å². The maximum atomic E-state index is 5.82. The van der Waals surface area contributed by atoms with Gasteiger partial charge < -0.3 is 9.47 Å². The van der Waals surface area contributed by atoms with E-state index in [-0.39, 0.29) is 11.6 Å². The third-order valence-electron chi connectivity index (χ3n) is 3.83. The number of nitrogens with two attached hydrogens (primary N) is 1. The van der Waals surface area contributed by atoms with Gasteiger partial charge in [-0.15, -0.1) is 0 Å². The summed E-state index contributed by atoms with van der Waals surface area (Å²) in [5, 5.41) is 0. The van der Waals surface area contributed by atoms with E-state index >= 15 is 0 Å². The predicted molar refractivity (Wildman–Crippen MR) is 69.7 cm³/mol. The Kier molecular flexibility index (Phi) is 7.04. The van der Waals surface area contributed by atoms with Crippen LogP contribution in [0.3, 0.4) is 0 Å². The molecular formula is C13H28N2O2. The van der Waals surface area contributed by atoms with Crippen LogP contribution in [0, 0.1) is 0 Å². The van der Waals surface area contributed by atoms with Gasteiger partial charge in [-0.1, -0.05) is 32.6 Å². The summed E-state index contributed by atoms with van der Waals surface area (Å²) >= 11 is 0. The van der Waals surface area contributed by atoms with Crippen LogP contribution < -0.4 is 11.3 Å². The van der Waals surface area contributed by atoms with Crippen molar-refractivity contribution in [3.63, 3.8) is 0 Å². The van der Waals surface area contributed by atoms with Crippen LogP contribution in [0.1, 0.15) is 51.9 Å². The number of hydrazine groups is 1. The Balaban J connectivity index is 2.58. The average Bonchev–Trinajstić information content (AvgIpc) is 2.61. The first-order valence-corrected chi connectivity index (χ1v) is 6.88. The fraction of sp³-hybridized carbons (Fsp3) is 1.00. The molecule has 0 radical (unpaired) electrons. The molecule has 1 rings (SSSR count). The molecule has 4 heteroatoms. The molecule has 0 aliphatic heterocycles. The first kappa shape index (κ1) is 14.9. The van der Waals surface area contributed by atoms with E-state index in [0.29, 0.717) is 6.61 Å². The van der Waals surface area contributed by atoms with Gasteiger partial charge in [-0.3, -0.25) is 11.3 Å². The third-order valence-corrected chi connectivity index (χ3v) is 3.83. The molecule has 0 bridgehead atoms. The molecule has 1 aliphatic carbocycles. The zero-order valence-corrected chi connectivity index (χ0v) is 11.3. The van der Waals surface area contributed by atoms with Gasteiger partial charge in [-0.25, -0.2) is 0 Å². The largest absolute Gasteiger partial charge is 0.380 e. The lowest BCUT2D eigenvalue weighted by molar-refractivity contribution is -0.0740. The molecule has 0 spiro atoms. The topological polar surface area (TPSA) is 56.5 Å². The fourth-order valence-corrected chi connectivity index (χ4v) is 2.72. The second kappa shape index (κ2) is 8.03. The lowest BCUT2D eigenvalue weighted by Crippen LogP contribution is -2.56. The number of hydrogen-bond donors (Lipinski definition) is 2. The van der Waals surface area contributed by atoms with Crippen LogP contribution in [0.15, 0.2) is 0 Å². The van der Waals surface area contributed by atoms with Crippen LogP contribution in [0.25, 0.3) is 0 Å². The van der Waals surface area contributed by atoms with E-state index in [4.69, 9.17) is 15.3 Å². The molecule has 0 aromatic rings. The summed E-state index contributed by atoms with van der Waals surface area (Å²) in [5.74, 6) is 5.69. The SMILES string of the molecule is CCCOCC(NN)C1(OC)CCCCCC1. The first-order chi connectivity index (χ1) is 8.29. The molecule has 1 unspecified atom stereocenters. The molecule has 1 fully saturated rings. The van der Waals surface area contributed by atoms with Crippen molar-refractivity contribution >= 4 is 0 Å². The van der Waals surface area contributed by atoms with Crippen LogP contribution in [0.2, 0.25) is 0 Å². The molecule has 17 heavy (non-hydrogen) atoms. The van der Waals surface area contributed by atoms with Crippen molar-refractivity contribution < 1.29 is 9.47 Å². The number of nitrogens with one attached hydrogen (secondary N) is 1. The summed E-state index contributed by atoms with van der Waals surface area (Å²) in [6, 6.07) is 0.0946. The van der Waals surface area contributed by atoms with Crippen molar-refractivity contribution in [1.82, 2.24) is 5.43 Å². The van der Waals surface area contributed by atoms with Gasteiger partial charge >= 0.3 is 0 Å². The smallest absolute Gasteiger partial charge is 0.0866 e. The molecule has 4 nitrogen and oxygen atoms in total. The number of rotatable bonds is 7. The monoisotopic (exact) mass is 244 g/mol. The fourth-order valence-electron chi connectivity index (χ4n) is 2.72. The van der Waals surface area contributed by atoms with Gasteiger partial charge in [0.2, 0.25) is 0 Å². The Morgan fingerprint density at radius 3 is 2.35 bits per heavy atom. The van der Waals surface area contributed by atoms with Crippen molar-refractivity contribution in [3.8, 4) is 0 Å². The van der Waals surface area contributed by atoms with Crippen molar-refractivity contribution in [1.29, 1.82) is 0 Å². The highest BCUT2D eigenvalue weighted by molar-refractivity contribution is 4.93. The van der Waals surface area contributed by atoms with Gasteiger partial charge in [-0.05, 0) is 19.3 Å². The predicted octanol–water partition coefficient (Wildman–Crippen LogP) is 1.98. The maximum absolute atomic E-state index is 5.82. The van der Waals surface area contributed by atoms with Gasteiger partial charge in [0.1, 0.15) is 0 Å². The summed E-state index contributed by atoms with van der Waals surface area (Å²) in [6.07, 6.45) is 8.25. The zero-order chi connectivity index (χ0) is 12.6. The van der Waals surface area contributed by atoms with E-state index in [0.717, 1.165) is 25.9 Å². The summed E-state index contributed by atoms with van der Waals surface area (Å²) in [7, 11) is 1.80. The summed E-state index contributed by atoms with van der Waals surface area (Å²) < 4.78 is 11.5. The second-order valence-electron chi connectivity index (χ2n) is 4.98. The molecule has 0 saturated heterocycles. The zero-order valence-electron chi connectivity index (χ0n) is 11.3. The maximum Gasteiger partial charge on any atom is 0.0866 e. The van der Waals surface area contributed by atoms with Crippen LogP contribution in [-0.2, 0) is 9.47 Å². The summed E-state index contributed by atoms with van der Waals surface area (Å²) in [5.41, 5.74) is 2.76. The standard InChI is InChI=1S/C13H28N2O2/c1-3-10-17-11-12(15-14)13(16-2)8-6-4-5-7-9-13/h12,15H,3-11,14H2,1-2H3. The first-order valence-electron chi connectivity index (χ1n) is 6.88. The summed E-state index contributed by atoms with van der Waals surface area (Å²) in [4.78, 5) is 0. The van der Waals surface area contributed by atoms with Crippen LogP contribution in [0.5, 0.6) is 0 Å². The molecule has 0 heterocycles. The van der Waals surface area contributed by atoms with Gasteiger partial charge in [-0.2, -0.15) is 0 Å². The molecule has 1 atom stereocenters. The van der Waals surface area contributed by atoms with Crippen LogP contribution in [0.4, 0.5) is 0 Å². The van der Waals surface area contributed by atoms with Gasteiger partial charge in [0, 0.05) is 13.7 Å². The molecule has 0 aromatic heterocycles. The Labute approximate surface area is 105 Å². The summed E-state index contributed by atoms with van der Waals surface area (Å²) in [6.45, 7) is 3.54.